The summed E-state index contributed by atoms with van der Waals surface area (Å²) in [6, 6.07) is 1.42. The van der Waals surface area contributed by atoms with E-state index in [-0.39, 0.29) is 16.2 Å². The minimum atomic E-state index is -4.88. The Hall–Kier alpha value is -1.76. The topological polar surface area (TPSA) is 102 Å². The van der Waals surface area contributed by atoms with E-state index in [9.17, 15) is 13.2 Å². The number of aromatic nitrogens is 2. The van der Waals surface area contributed by atoms with E-state index in [1.807, 2.05) is 0 Å². The van der Waals surface area contributed by atoms with Crippen LogP contribution in [0.15, 0.2) is 11.2 Å². The van der Waals surface area contributed by atoms with Crippen LogP contribution in [0.1, 0.15) is 11.1 Å². The van der Waals surface area contributed by atoms with Crippen molar-refractivity contribution in [2.24, 2.45) is 0 Å². The average molecular weight is 382 g/mol. The third kappa shape index (κ3) is 2.89. The third-order valence-electron chi connectivity index (χ3n) is 2.97. The number of hydrogen-bond acceptors (Lipinski definition) is 4. The van der Waals surface area contributed by atoms with Gasteiger partial charge in [-0.3, -0.25) is 9.88 Å². The quantitative estimate of drug-likeness (QED) is 0.678. The van der Waals surface area contributed by atoms with Gasteiger partial charge in [0, 0.05) is 17.3 Å². The second-order valence-electron chi connectivity index (χ2n) is 4.39. The summed E-state index contributed by atoms with van der Waals surface area (Å²) in [4.78, 5) is 0. The smallest absolute Gasteiger partial charge is 0.397 e. The number of anilines is 1. The van der Waals surface area contributed by atoms with Crippen molar-refractivity contribution in [2.45, 2.75) is 11.2 Å². The normalized spacial score (nSPS) is 12.9. The number of nitrogens with one attached hydrogen (secondary N) is 2. The van der Waals surface area contributed by atoms with Gasteiger partial charge >= 0.3 is 6.18 Å². The highest BCUT2D eigenvalue weighted by Crippen LogP contribution is 2.48. The van der Waals surface area contributed by atoms with E-state index in [1.54, 1.807) is 6.26 Å². The number of nitriles is 1. The maximum Gasteiger partial charge on any atom is 0.419 e. The summed E-state index contributed by atoms with van der Waals surface area (Å²) in [5.74, 6) is 0. The molecule has 5 nitrogen and oxygen atoms in total. The van der Waals surface area contributed by atoms with Crippen molar-refractivity contribution < 1.29 is 13.2 Å². The highest BCUT2D eigenvalue weighted by molar-refractivity contribution is 7.85. The Morgan fingerprint density at radius 1 is 1.39 bits per heavy atom. The van der Waals surface area contributed by atoms with Crippen LogP contribution >= 0.6 is 23.2 Å². The maximum atomic E-state index is 13.1. The summed E-state index contributed by atoms with van der Waals surface area (Å²) in [5.41, 5.74) is 2.72. The van der Waals surface area contributed by atoms with Crippen LogP contribution in [0.2, 0.25) is 10.0 Å². The minimum Gasteiger partial charge on any atom is -0.397 e. The first kappa shape index (κ1) is 17.6. The fourth-order valence-electron chi connectivity index (χ4n) is 2.04. The van der Waals surface area contributed by atoms with E-state index >= 15 is 0 Å². The molecule has 0 fully saturated rings. The first-order valence-corrected chi connectivity index (χ1v) is 8.19. The molecule has 23 heavy (non-hydrogen) atoms. The van der Waals surface area contributed by atoms with E-state index in [0.29, 0.717) is 0 Å². The molecule has 0 aliphatic heterocycles. The lowest BCUT2D eigenvalue weighted by Crippen LogP contribution is -2.13. The molecule has 0 saturated carbocycles. The van der Waals surface area contributed by atoms with Crippen molar-refractivity contribution in [3.05, 3.63) is 27.4 Å². The molecule has 2 aromatic rings. The molecule has 0 aliphatic rings. The monoisotopic (exact) mass is 381 g/mol. The summed E-state index contributed by atoms with van der Waals surface area (Å²) < 4.78 is 47.2. The van der Waals surface area contributed by atoms with Gasteiger partial charge in [-0.15, -0.1) is 0 Å². The maximum absolute atomic E-state index is 13.1. The molecule has 122 valence electrons. The van der Waals surface area contributed by atoms with Crippen LogP contribution in [0.4, 0.5) is 18.9 Å². The number of aromatic amines is 1. The Kier molecular flexibility index (Phi) is 4.61. The van der Waals surface area contributed by atoms with Gasteiger partial charge in [0.05, 0.1) is 26.9 Å². The fourth-order valence-corrected chi connectivity index (χ4v) is 3.39. The molecule has 2 rings (SSSR count). The molecule has 0 saturated heterocycles. The molecule has 1 atom stereocenters. The second-order valence-corrected chi connectivity index (χ2v) is 6.55. The van der Waals surface area contributed by atoms with Gasteiger partial charge in [0.2, 0.25) is 0 Å². The van der Waals surface area contributed by atoms with Gasteiger partial charge in [-0.25, -0.2) is 0 Å². The standard InChI is InChI=1S/C12H8Cl2F3N5S/c1-23(20)11-5(3-21-22-11)6-8(13)4(2-18)7(12(15,16)17)10(19)9(6)14/h3,20H,19H2,1H3,(H,21,22). The molecule has 4 N–H and O–H groups in total. The van der Waals surface area contributed by atoms with E-state index in [0.717, 1.165) is 0 Å². The van der Waals surface area contributed by atoms with Crippen LogP contribution in [0.25, 0.3) is 11.1 Å². The van der Waals surface area contributed by atoms with Gasteiger partial charge in [0.15, 0.2) is 0 Å². The Labute approximate surface area is 141 Å². The van der Waals surface area contributed by atoms with Crippen molar-refractivity contribution >= 4 is 39.6 Å². The first-order valence-electron chi connectivity index (χ1n) is 5.80. The van der Waals surface area contributed by atoms with Gasteiger partial charge in [0.25, 0.3) is 0 Å². The Morgan fingerprint density at radius 3 is 2.48 bits per heavy atom. The first-order chi connectivity index (χ1) is 10.6. The van der Waals surface area contributed by atoms with Crippen LogP contribution in [0, 0.1) is 16.1 Å². The molecule has 0 bridgehead atoms. The van der Waals surface area contributed by atoms with E-state index < -0.39 is 43.7 Å². The zero-order valence-electron chi connectivity index (χ0n) is 11.3. The number of nitrogens with zero attached hydrogens (tertiary/aromatic N) is 2. The fraction of sp³-hybridized carbons (Fsp3) is 0.167. The molecule has 1 heterocycles. The molecule has 0 radical (unpaired) electrons. The van der Waals surface area contributed by atoms with Crippen LogP contribution in [-0.4, -0.2) is 16.5 Å². The van der Waals surface area contributed by atoms with E-state index in [1.165, 1.54) is 12.3 Å². The van der Waals surface area contributed by atoms with Crippen LogP contribution in [-0.2, 0) is 16.9 Å². The van der Waals surface area contributed by atoms with E-state index in [2.05, 4.69) is 10.2 Å². The van der Waals surface area contributed by atoms with Gasteiger partial charge < -0.3 is 5.73 Å². The number of nitrogens with two attached hydrogens (primary N) is 1. The predicted molar refractivity (Wildman–Crippen MR) is 82.4 cm³/mol. The molecule has 11 heteroatoms. The molecule has 1 aromatic heterocycles. The summed E-state index contributed by atoms with van der Waals surface area (Å²) in [6.45, 7) is 0. The Bertz CT molecular complexity index is 854. The SMILES string of the molecule is CS(=N)c1n[nH]cc1-c1c(Cl)c(N)c(C(F)(F)F)c(C#N)c1Cl. The van der Waals surface area contributed by atoms with Crippen LogP contribution < -0.4 is 5.73 Å². The van der Waals surface area contributed by atoms with Gasteiger partial charge in [-0.05, 0) is 6.26 Å². The number of benzene rings is 1. The van der Waals surface area contributed by atoms with Crippen molar-refractivity contribution in [3.8, 4) is 17.2 Å². The van der Waals surface area contributed by atoms with Crippen molar-refractivity contribution in [2.75, 3.05) is 12.0 Å². The molecule has 0 amide bonds. The largest absolute Gasteiger partial charge is 0.419 e. The molecular weight excluding hydrogens is 374 g/mol. The molecule has 1 aromatic carbocycles. The average Bonchev–Trinajstić information content (AvgIpc) is 2.90. The number of rotatable bonds is 2. The van der Waals surface area contributed by atoms with Gasteiger partial charge in [0.1, 0.15) is 11.1 Å². The van der Waals surface area contributed by atoms with Crippen LogP contribution in [0.5, 0.6) is 0 Å². The van der Waals surface area contributed by atoms with Gasteiger partial charge in [-0.1, -0.05) is 33.9 Å². The lowest BCUT2D eigenvalue weighted by molar-refractivity contribution is -0.137. The third-order valence-corrected chi connectivity index (χ3v) is 4.64. The summed E-state index contributed by atoms with van der Waals surface area (Å²) in [5, 5.41) is 14.8. The molecule has 0 spiro atoms. The minimum absolute atomic E-state index is 0.0502. The Morgan fingerprint density at radius 2 is 2.00 bits per heavy atom. The number of alkyl halides is 3. The lowest BCUT2D eigenvalue weighted by atomic mass is 9.98. The number of hydrogen-bond donors (Lipinski definition) is 3. The second kappa shape index (κ2) is 6.03. The van der Waals surface area contributed by atoms with Crippen LogP contribution in [0.3, 0.4) is 0 Å². The summed E-state index contributed by atoms with van der Waals surface area (Å²) in [6.07, 6.45) is -2.00. The van der Waals surface area contributed by atoms with Crippen molar-refractivity contribution in [3.63, 3.8) is 0 Å². The summed E-state index contributed by atoms with van der Waals surface area (Å²) in [7, 11) is -1.07. The summed E-state index contributed by atoms with van der Waals surface area (Å²) >= 11 is 12.0. The van der Waals surface area contributed by atoms with E-state index in [4.69, 9.17) is 39.0 Å². The van der Waals surface area contributed by atoms with Crippen molar-refractivity contribution in [1.29, 1.82) is 10.0 Å². The zero-order valence-corrected chi connectivity index (χ0v) is 13.7. The zero-order chi connectivity index (χ0) is 17.5. The molecule has 0 aliphatic carbocycles. The highest BCUT2D eigenvalue weighted by Gasteiger charge is 2.40. The molecule has 1 unspecified atom stereocenters. The van der Waals surface area contributed by atoms with Gasteiger partial charge in [-0.2, -0.15) is 23.5 Å². The number of nitrogen functional groups attached to an aromatic ring is 1. The molecular formula is C12H8Cl2F3N5S. The van der Waals surface area contributed by atoms with Crippen molar-refractivity contribution in [1.82, 2.24) is 10.2 Å². The Balaban J connectivity index is 2.94. The highest BCUT2D eigenvalue weighted by atomic mass is 35.5. The number of H-pyrrole nitrogens is 1. The predicted octanol–water partition coefficient (Wildman–Crippen LogP) is 4.23. The lowest BCUT2D eigenvalue weighted by Gasteiger charge is -2.18. The number of halogens is 5.